The lowest BCUT2D eigenvalue weighted by Crippen LogP contribution is -2.34. The molecule has 0 aliphatic carbocycles. The normalized spacial score (nSPS) is 11.2. The topological polar surface area (TPSA) is 90.3 Å². The van der Waals surface area contributed by atoms with E-state index in [0.29, 0.717) is 17.7 Å². The molecular formula is C19H20FN3O3S. The highest BCUT2D eigenvalue weighted by Gasteiger charge is 2.18. The Morgan fingerprint density at radius 3 is 2.30 bits per heavy atom. The molecule has 142 valence electrons. The third-order valence-corrected chi connectivity index (χ3v) is 5.22. The van der Waals surface area contributed by atoms with E-state index in [1.165, 1.54) is 16.4 Å². The van der Waals surface area contributed by atoms with Crippen LogP contribution in [0.4, 0.5) is 10.1 Å². The standard InChI is InChI=1S/C19H20FN3O3S/c1-27(25,26)23(12-10-15-2-6-17(20)7-3-15)13-11-19(24)22-18-8-4-16(14-21)5-9-18/h2-9H,10-13H2,1H3,(H,22,24). The minimum atomic E-state index is -3.48. The summed E-state index contributed by atoms with van der Waals surface area (Å²) >= 11 is 0. The van der Waals surface area contributed by atoms with Crippen molar-refractivity contribution in [3.05, 3.63) is 65.5 Å². The van der Waals surface area contributed by atoms with Gasteiger partial charge in [-0.3, -0.25) is 4.79 Å². The van der Waals surface area contributed by atoms with Gasteiger partial charge in [-0.25, -0.2) is 17.1 Å². The van der Waals surface area contributed by atoms with Gasteiger partial charge < -0.3 is 5.32 Å². The highest BCUT2D eigenvalue weighted by atomic mass is 32.2. The van der Waals surface area contributed by atoms with E-state index in [0.717, 1.165) is 11.8 Å². The molecule has 0 spiro atoms. The van der Waals surface area contributed by atoms with E-state index < -0.39 is 10.0 Å². The number of nitriles is 1. The maximum atomic E-state index is 12.9. The van der Waals surface area contributed by atoms with Gasteiger partial charge >= 0.3 is 0 Å². The molecule has 6 nitrogen and oxygen atoms in total. The van der Waals surface area contributed by atoms with Gasteiger partial charge in [0.15, 0.2) is 0 Å². The maximum absolute atomic E-state index is 12.9. The molecule has 2 aromatic carbocycles. The predicted molar refractivity (Wildman–Crippen MR) is 101 cm³/mol. The van der Waals surface area contributed by atoms with Crippen LogP contribution in [0.15, 0.2) is 48.5 Å². The molecule has 2 aromatic rings. The zero-order chi connectivity index (χ0) is 19.9. The molecule has 27 heavy (non-hydrogen) atoms. The summed E-state index contributed by atoms with van der Waals surface area (Å²) in [6, 6.07) is 14.2. The molecule has 0 aliphatic heterocycles. The summed E-state index contributed by atoms with van der Waals surface area (Å²) in [5.41, 5.74) is 1.83. The fourth-order valence-electron chi connectivity index (χ4n) is 2.43. The second-order valence-electron chi connectivity index (χ2n) is 6.03. The van der Waals surface area contributed by atoms with Crippen LogP contribution in [0, 0.1) is 17.1 Å². The molecule has 0 radical (unpaired) electrons. The molecule has 0 saturated heterocycles. The van der Waals surface area contributed by atoms with Crippen LogP contribution in [-0.2, 0) is 21.2 Å². The van der Waals surface area contributed by atoms with Gasteiger partial charge in [-0.2, -0.15) is 5.26 Å². The van der Waals surface area contributed by atoms with Crippen molar-refractivity contribution in [1.82, 2.24) is 4.31 Å². The third-order valence-electron chi connectivity index (χ3n) is 3.92. The van der Waals surface area contributed by atoms with E-state index in [1.807, 2.05) is 6.07 Å². The Labute approximate surface area is 158 Å². The van der Waals surface area contributed by atoms with Gasteiger partial charge in [-0.1, -0.05) is 12.1 Å². The van der Waals surface area contributed by atoms with Gasteiger partial charge in [-0.05, 0) is 48.4 Å². The zero-order valence-corrected chi connectivity index (χ0v) is 15.7. The summed E-state index contributed by atoms with van der Waals surface area (Å²) in [4.78, 5) is 12.1. The lowest BCUT2D eigenvalue weighted by molar-refractivity contribution is -0.116. The summed E-state index contributed by atoms with van der Waals surface area (Å²) in [7, 11) is -3.48. The molecule has 0 atom stereocenters. The summed E-state index contributed by atoms with van der Waals surface area (Å²) in [5, 5.41) is 11.4. The molecular weight excluding hydrogens is 369 g/mol. The minimum Gasteiger partial charge on any atom is -0.326 e. The van der Waals surface area contributed by atoms with E-state index in [9.17, 15) is 17.6 Å². The van der Waals surface area contributed by atoms with Crippen molar-refractivity contribution in [3.63, 3.8) is 0 Å². The summed E-state index contributed by atoms with van der Waals surface area (Å²) in [6.07, 6.45) is 1.51. The fraction of sp³-hybridized carbons (Fsp3) is 0.263. The SMILES string of the molecule is CS(=O)(=O)N(CCC(=O)Nc1ccc(C#N)cc1)CCc1ccc(F)cc1. The number of halogens is 1. The smallest absolute Gasteiger partial charge is 0.225 e. The number of hydrogen-bond donors (Lipinski definition) is 1. The molecule has 0 heterocycles. The van der Waals surface area contributed by atoms with Crippen molar-refractivity contribution in [2.75, 3.05) is 24.7 Å². The Morgan fingerprint density at radius 2 is 1.74 bits per heavy atom. The number of rotatable bonds is 8. The average molecular weight is 389 g/mol. The van der Waals surface area contributed by atoms with E-state index in [2.05, 4.69) is 5.32 Å². The molecule has 1 N–H and O–H groups in total. The van der Waals surface area contributed by atoms with Crippen LogP contribution in [0.3, 0.4) is 0 Å². The van der Waals surface area contributed by atoms with Crippen LogP contribution in [0.2, 0.25) is 0 Å². The Kier molecular flexibility index (Phi) is 7.05. The Bertz CT molecular complexity index is 920. The van der Waals surface area contributed by atoms with Gasteiger partial charge in [0.05, 0.1) is 17.9 Å². The number of benzene rings is 2. The number of amides is 1. The highest BCUT2D eigenvalue weighted by Crippen LogP contribution is 2.11. The Hall–Kier alpha value is -2.76. The van der Waals surface area contributed by atoms with Gasteiger partial charge in [0.2, 0.25) is 15.9 Å². The molecule has 0 aromatic heterocycles. The number of nitrogens with one attached hydrogen (secondary N) is 1. The molecule has 0 fully saturated rings. The van der Waals surface area contributed by atoms with E-state index in [4.69, 9.17) is 5.26 Å². The first-order chi connectivity index (χ1) is 12.8. The summed E-state index contributed by atoms with van der Waals surface area (Å²) in [6.45, 7) is 0.247. The van der Waals surface area contributed by atoms with Crippen molar-refractivity contribution in [2.24, 2.45) is 0 Å². The number of carbonyl (C=O) groups is 1. The Morgan fingerprint density at radius 1 is 1.11 bits per heavy atom. The van der Waals surface area contributed by atoms with Crippen molar-refractivity contribution in [3.8, 4) is 6.07 Å². The van der Waals surface area contributed by atoms with Crippen LogP contribution >= 0.6 is 0 Å². The molecule has 2 rings (SSSR count). The van der Waals surface area contributed by atoms with Crippen LogP contribution < -0.4 is 5.32 Å². The monoisotopic (exact) mass is 389 g/mol. The number of anilines is 1. The first-order valence-electron chi connectivity index (χ1n) is 8.27. The van der Waals surface area contributed by atoms with Crippen molar-refractivity contribution < 1.29 is 17.6 Å². The number of sulfonamides is 1. The lowest BCUT2D eigenvalue weighted by Gasteiger charge is -2.19. The third kappa shape index (κ3) is 6.81. The molecule has 0 unspecified atom stereocenters. The zero-order valence-electron chi connectivity index (χ0n) is 14.9. The van der Waals surface area contributed by atoms with Crippen molar-refractivity contribution >= 4 is 21.6 Å². The quantitative estimate of drug-likeness (QED) is 0.751. The molecule has 0 saturated carbocycles. The highest BCUT2D eigenvalue weighted by molar-refractivity contribution is 7.88. The predicted octanol–water partition coefficient (Wildman–Crippen LogP) is 2.53. The van der Waals surface area contributed by atoms with Crippen LogP contribution in [0.5, 0.6) is 0 Å². The fourth-order valence-corrected chi connectivity index (χ4v) is 3.27. The summed E-state index contributed by atoms with van der Waals surface area (Å²) in [5.74, 6) is -0.673. The second kappa shape index (κ2) is 9.26. The average Bonchev–Trinajstić information content (AvgIpc) is 2.62. The van der Waals surface area contributed by atoms with Gasteiger partial charge in [0, 0.05) is 25.2 Å². The Balaban J connectivity index is 1.90. The maximum Gasteiger partial charge on any atom is 0.225 e. The second-order valence-corrected chi connectivity index (χ2v) is 8.01. The molecule has 0 bridgehead atoms. The van der Waals surface area contributed by atoms with Gasteiger partial charge in [0.25, 0.3) is 0 Å². The number of carbonyl (C=O) groups excluding carboxylic acids is 1. The van der Waals surface area contributed by atoms with Gasteiger partial charge in [0.1, 0.15) is 5.82 Å². The van der Waals surface area contributed by atoms with Crippen LogP contribution in [0.25, 0.3) is 0 Å². The largest absolute Gasteiger partial charge is 0.326 e. The van der Waals surface area contributed by atoms with Crippen molar-refractivity contribution in [2.45, 2.75) is 12.8 Å². The van der Waals surface area contributed by atoms with Crippen LogP contribution in [-0.4, -0.2) is 38.0 Å². The van der Waals surface area contributed by atoms with E-state index in [-0.39, 0.29) is 31.2 Å². The lowest BCUT2D eigenvalue weighted by atomic mass is 10.1. The first kappa shape index (κ1) is 20.6. The minimum absolute atomic E-state index is 0.00348. The van der Waals surface area contributed by atoms with Crippen molar-refractivity contribution in [1.29, 1.82) is 5.26 Å². The van der Waals surface area contributed by atoms with Gasteiger partial charge in [-0.15, -0.1) is 0 Å². The van der Waals surface area contributed by atoms with E-state index >= 15 is 0 Å². The number of hydrogen-bond acceptors (Lipinski definition) is 4. The summed E-state index contributed by atoms with van der Waals surface area (Å²) < 4.78 is 38.1. The number of nitrogens with zero attached hydrogens (tertiary/aromatic N) is 2. The molecule has 0 aliphatic rings. The van der Waals surface area contributed by atoms with Crippen LogP contribution in [0.1, 0.15) is 17.5 Å². The molecule has 8 heteroatoms. The first-order valence-corrected chi connectivity index (χ1v) is 10.1. The molecule has 1 amide bonds. The van der Waals surface area contributed by atoms with E-state index in [1.54, 1.807) is 36.4 Å².